The summed E-state index contributed by atoms with van der Waals surface area (Å²) >= 11 is 6.29. The zero-order valence-corrected chi connectivity index (χ0v) is 17.7. The molecule has 1 saturated heterocycles. The van der Waals surface area contributed by atoms with Gasteiger partial charge in [-0.25, -0.2) is 0 Å². The van der Waals surface area contributed by atoms with Crippen LogP contribution in [-0.2, 0) is 6.54 Å². The van der Waals surface area contributed by atoms with Crippen molar-refractivity contribution in [3.63, 3.8) is 0 Å². The molecule has 27 heavy (non-hydrogen) atoms. The maximum absolute atomic E-state index is 6.29. The molecule has 0 aromatic heterocycles. The Kier molecular flexibility index (Phi) is 7.17. The molecule has 144 valence electrons. The van der Waals surface area contributed by atoms with Gasteiger partial charge < -0.3 is 9.62 Å². The fraction of sp³-hybridized carbons (Fsp3) is 0.348. The van der Waals surface area contributed by atoms with E-state index in [0.29, 0.717) is 5.25 Å². The molecule has 3 rings (SSSR count). The summed E-state index contributed by atoms with van der Waals surface area (Å²) < 4.78 is 2.44. The number of halogens is 1. The highest BCUT2D eigenvalue weighted by Crippen LogP contribution is 2.37. The lowest BCUT2D eigenvalue weighted by atomic mass is 10.0. The van der Waals surface area contributed by atoms with Crippen LogP contribution in [0.4, 0.5) is 5.69 Å². The van der Waals surface area contributed by atoms with Crippen LogP contribution in [0.1, 0.15) is 37.3 Å². The molecule has 2 nitrogen and oxygen atoms in total. The molecule has 1 atom stereocenters. The molecule has 4 heteroatoms. The van der Waals surface area contributed by atoms with Crippen molar-refractivity contribution in [2.45, 2.75) is 38.0 Å². The Morgan fingerprint density at radius 1 is 1.19 bits per heavy atom. The van der Waals surface area contributed by atoms with Crippen LogP contribution in [0.2, 0.25) is 5.02 Å². The Bertz CT molecular complexity index is 794. The fourth-order valence-corrected chi connectivity index (χ4v) is 5.43. The highest BCUT2D eigenvalue weighted by molar-refractivity contribution is 8.15. The summed E-state index contributed by atoms with van der Waals surface area (Å²) in [6.45, 7) is 9.30. The lowest BCUT2D eigenvalue weighted by molar-refractivity contribution is 0.530. The minimum atomic E-state index is -0.103. The van der Waals surface area contributed by atoms with E-state index in [1.807, 2.05) is 12.1 Å². The topological polar surface area (TPSA) is 15.3 Å². The molecular formula is C23H29ClN2S. The molecule has 2 aromatic rings. The summed E-state index contributed by atoms with van der Waals surface area (Å²) in [7, 11) is -0.103. The molecule has 1 fully saturated rings. The lowest BCUT2D eigenvalue weighted by Crippen LogP contribution is -2.33. The molecule has 0 bridgehead atoms. The normalized spacial score (nSPS) is 16.1. The van der Waals surface area contributed by atoms with E-state index >= 15 is 0 Å². The summed E-state index contributed by atoms with van der Waals surface area (Å²) in [6, 6.07) is 17.0. The second-order valence-corrected chi connectivity index (χ2v) is 9.37. The van der Waals surface area contributed by atoms with Crippen molar-refractivity contribution >= 4 is 39.4 Å². The Labute approximate surface area is 171 Å². The van der Waals surface area contributed by atoms with Gasteiger partial charge in [-0.15, -0.1) is 0 Å². The van der Waals surface area contributed by atoms with E-state index in [-0.39, 0.29) is 10.7 Å². The van der Waals surface area contributed by atoms with Crippen LogP contribution in [0.3, 0.4) is 0 Å². The average Bonchev–Trinajstić information content (AvgIpc) is 2.72. The summed E-state index contributed by atoms with van der Waals surface area (Å²) in [6.07, 6.45) is 3.34. The van der Waals surface area contributed by atoms with Gasteiger partial charge in [0.25, 0.3) is 0 Å². The van der Waals surface area contributed by atoms with Crippen LogP contribution in [0, 0.1) is 0 Å². The average molecular weight is 401 g/mol. The van der Waals surface area contributed by atoms with Crippen molar-refractivity contribution in [3.8, 4) is 0 Å². The van der Waals surface area contributed by atoms with Gasteiger partial charge in [-0.3, -0.25) is 0 Å². The third-order valence-corrected chi connectivity index (χ3v) is 7.55. The van der Waals surface area contributed by atoms with Crippen molar-refractivity contribution in [2.24, 2.45) is 0 Å². The van der Waals surface area contributed by atoms with Crippen molar-refractivity contribution in [3.05, 3.63) is 71.3 Å². The molecule has 0 spiro atoms. The Morgan fingerprint density at radius 2 is 1.89 bits per heavy atom. The van der Waals surface area contributed by atoms with Gasteiger partial charge in [0, 0.05) is 16.0 Å². The van der Waals surface area contributed by atoms with Crippen LogP contribution < -0.4 is 9.62 Å². The quantitative estimate of drug-likeness (QED) is 0.561. The zero-order chi connectivity index (χ0) is 19.2. The SMILES string of the molecule is C=C(CC)c1ccc(CN(c2cccc(Cl)c2)S(=C)C2CCNCC2)cc1. The monoisotopic (exact) mass is 400 g/mol. The maximum Gasteiger partial charge on any atom is 0.0541 e. The van der Waals surface area contributed by atoms with Crippen molar-refractivity contribution < 1.29 is 0 Å². The van der Waals surface area contributed by atoms with Gasteiger partial charge >= 0.3 is 0 Å². The number of nitrogens with zero attached hydrogens (tertiary/aromatic N) is 1. The minimum absolute atomic E-state index is 0.103. The predicted octanol–water partition coefficient (Wildman–Crippen LogP) is 6.14. The summed E-state index contributed by atoms with van der Waals surface area (Å²) in [5.41, 5.74) is 4.85. The standard InChI is InChI=1S/C23H29ClN2S/c1-4-18(2)20-10-8-19(9-11-20)17-26(22-7-5-6-21(24)16-22)27(3)23-12-14-25-15-13-23/h5-11,16,23,25H,2-4,12-15,17H2,1H3. The molecule has 0 aliphatic carbocycles. The van der Waals surface area contributed by atoms with Crippen LogP contribution in [-0.4, -0.2) is 24.2 Å². The number of hydrogen-bond donors (Lipinski definition) is 1. The Hall–Kier alpha value is -1.55. The van der Waals surface area contributed by atoms with Crippen LogP contribution >= 0.6 is 22.3 Å². The third-order valence-electron chi connectivity index (χ3n) is 5.17. The van der Waals surface area contributed by atoms with Gasteiger partial charge in [0.2, 0.25) is 0 Å². The highest BCUT2D eigenvalue weighted by Gasteiger charge is 2.21. The number of allylic oxidation sites excluding steroid dienone is 1. The smallest absolute Gasteiger partial charge is 0.0541 e. The number of anilines is 1. The molecule has 2 aromatic carbocycles. The molecule has 1 aliphatic rings. The first-order valence-corrected chi connectivity index (χ1v) is 11.4. The highest BCUT2D eigenvalue weighted by atomic mass is 35.5. The van der Waals surface area contributed by atoms with Gasteiger partial charge in [0.15, 0.2) is 0 Å². The van der Waals surface area contributed by atoms with Crippen LogP contribution in [0.25, 0.3) is 5.57 Å². The number of piperidine rings is 1. The van der Waals surface area contributed by atoms with Gasteiger partial charge in [-0.05, 0) is 67.3 Å². The molecule has 1 N–H and O–H groups in total. The molecule has 0 amide bonds. The largest absolute Gasteiger partial charge is 0.318 e. The van der Waals surface area contributed by atoms with E-state index in [1.54, 1.807) is 0 Å². The summed E-state index contributed by atoms with van der Waals surface area (Å²) in [4.78, 5) is 0. The van der Waals surface area contributed by atoms with E-state index in [4.69, 9.17) is 11.6 Å². The summed E-state index contributed by atoms with van der Waals surface area (Å²) in [5.74, 6) is 4.59. The van der Waals surface area contributed by atoms with Gasteiger partial charge in [0.05, 0.1) is 6.54 Å². The molecular weight excluding hydrogens is 372 g/mol. The molecule has 1 aliphatic heterocycles. The van der Waals surface area contributed by atoms with E-state index in [2.05, 4.69) is 65.4 Å². The van der Waals surface area contributed by atoms with Gasteiger partial charge in [0.1, 0.15) is 0 Å². The summed E-state index contributed by atoms with van der Waals surface area (Å²) in [5, 5.41) is 4.85. The number of hydrogen-bond acceptors (Lipinski definition) is 2. The third kappa shape index (κ3) is 5.25. The lowest BCUT2D eigenvalue weighted by Gasteiger charge is -2.35. The Balaban J connectivity index is 1.85. The van der Waals surface area contributed by atoms with E-state index in [9.17, 15) is 0 Å². The van der Waals surface area contributed by atoms with Crippen molar-refractivity contribution in [1.82, 2.24) is 5.32 Å². The maximum atomic E-state index is 6.29. The van der Waals surface area contributed by atoms with Gasteiger partial charge in [-0.2, -0.15) is 0 Å². The minimum Gasteiger partial charge on any atom is -0.318 e. The van der Waals surface area contributed by atoms with Crippen molar-refractivity contribution in [1.29, 1.82) is 0 Å². The second kappa shape index (κ2) is 9.59. The number of nitrogens with one attached hydrogen (secondary N) is 1. The van der Waals surface area contributed by atoms with Crippen LogP contribution in [0.15, 0.2) is 55.1 Å². The Morgan fingerprint density at radius 3 is 2.52 bits per heavy atom. The fourth-order valence-electron chi connectivity index (χ4n) is 3.40. The molecule has 1 unspecified atom stereocenters. The first-order chi connectivity index (χ1) is 13.1. The molecule has 0 saturated carbocycles. The first-order valence-electron chi connectivity index (χ1n) is 9.62. The first kappa shape index (κ1) is 20.2. The molecule has 0 radical (unpaired) electrons. The van der Waals surface area contributed by atoms with Crippen LogP contribution in [0.5, 0.6) is 0 Å². The number of rotatable bonds is 7. The number of benzene rings is 2. The van der Waals surface area contributed by atoms with Gasteiger partial charge in [-0.1, -0.05) is 72.0 Å². The van der Waals surface area contributed by atoms with Crippen molar-refractivity contribution in [2.75, 3.05) is 17.4 Å². The predicted molar refractivity (Wildman–Crippen MR) is 124 cm³/mol. The van der Waals surface area contributed by atoms with E-state index in [1.165, 1.54) is 29.5 Å². The van der Waals surface area contributed by atoms with E-state index in [0.717, 1.165) is 36.8 Å². The van der Waals surface area contributed by atoms with E-state index < -0.39 is 0 Å². The zero-order valence-electron chi connectivity index (χ0n) is 16.1. The second-order valence-electron chi connectivity index (χ2n) is 7.02. The molecule has 1 heterocycles.